The van der Waals surface area contributed by atoms with Gasteiger partial charge in [0, 0.05) is 5.92 Å². The summed E-state index contributed by atoms with van der Waals surface area (Å²) in [6.07, 6.45) is 1.03. The number of hydrogen-bond donors (Lipinski definition) is 1. The molecule has 32 heavy (non-hydrogen) atoms. The van der Waals surface area contributed by atoms with Crippen LogP contribution < -0.4 is 5.32 Å². The van der Waals surface area contributed by atoms with Crippen LogP contribution in [0.4, 0.5) is 8.78 Å². The zero-order valence-electron chi connectivity index (χ0n) is 18.0. The lowest BCUT2D eigenvalue weighted by Gasteiger charge is -2.31. The number of carbonyl (C=O) groups excluding carboxylic acids is 2. The molecule has 4 nitrogen and oxygen atoms in total. The molecule has 4 rings (SSSR count). The number of piperidine rings is 1. The Morgan fingerprint density at radius 2 is 1.72 bits per heavy atom. The summed E-state index contributed by atoms with van der Waals surface area (Å²) in [6.45, 7) is 3.32. The fraction of sp³-hybridized carbons (Fsp3) is 0.308. The molecular formula is C26H26F2N2O2. The Labute approximate surface area is 186 Å². The van der Waals surface area contributed by atoms with Crippen LogP contribution in [0.3, 0.4) is 0 Å². The second-order valence-electron chi connectivity index (χ2n) is 8.43. The Bertz CT molecular complexity index is 1140. The molecule has 1 unspecified atom stereocenters. The average molecular weight is 437 g/mol. The van der Waals surface area contributed by atoms with Crippen molar-refractivity contribution in [3.05, 3.63) is 83.4 Å². The van der Waals surface area contributed by atoms with Crippen LogP contribution in [0, 0.1) is 17.6 Å². The average Bonchev–Trinajstić information content (AvgIpc) is 2.80. The largest absolute Gasteiger partial charge is 0.348 e. The summed E-state index contributed by atoms with van der Waals surface area (Å²) in [4.78, 5) is 27.2. The predicted octanol–water partition coefficient (Wildman–Crippen LogP) is 4.89. The van der Waals surface area contributed by atoms with E-state index in [2.05, 4.69) is 29.6 Å². The van der Waals surface area contributed by atoms with E-state index in [4.69, 9.17) is 0 Å². The first-order valence-corrected chi connectivity index (χ1v) is 10.9. The first-order chi connectivity index (χ1) is 15.4. The fourth-order valence-electron chi connectivity index (χ4n) is 4.31. The van der Waals surface area contributed by atoms with Crippen molar-refractivity contribution in [1.82, 2.24) is 10.2 Å². The number of benzene rings is 3. The fourth-order valence-corrected chi connectivity index (χ4v) is 4.31. The maximum atomic E-state index is 13.9. The van der Waals surface area contributed by atoms with Crippen LogP contribution in [0.2, 0.25) is 0 Å². The molecule has 166 valence electrons. The molecule has 0 aliphatic carbocycles. The number of nitrogens with zero attached hydrogens (tertiary/aromatic N) is 1. The predicted molar refractivity (Wildman–Crippen MR) is 120 cm³/mol. The number of nitrogens with one attached hydrogen (secondary N) is 1. The zero-order valence-corrected chi connectivity index (χ0v) is 18.0. The Morgan fingerprint density at radius 3 is 2.47 bits per heavy atom. The molecule has 1 saturated heterocycles. The van der Waals surface area contributed by atoms with Crippen LogP contribution in [0.5, 0.6) is 0 Å². The van der Waals surface area contributed by atoms with E-state index in [0.717, 1.165) is 34.5 Å². The smallest absolute Gasteiger partial charge is 0.234 e. The van der Waals surface area contributed by atoms with Crippen molar-refractivity contribution in [2.75, 3.05) is 19.6 Å². The van der Waals surface area contributed by atoms with Crippen LogP contribution >= 0.6 is 0 Å². The second-order valence-corrected chi connectivity index (χ2v) is 8.43. The lowest BCUT2D eigenvalue weighted by Crippen LogP contribution is -2.43. The molecule has 0 aromatic heterocycles. The minimum atomic E-state index is -0.694. The lowest BCUT2D eigenvalue weighted by atomic mass is 9.88. The van der Waals surface area contributed by atoms with Gasteiger partial charge in [-0.3, -0.25) is 14.5 Å². The Kier molecular flexibility index (Phi) is 6.61. The minimum absolute atomic E-state index is 0.0772. The van der Waals surface area contributed by atoms with Gasteiger partial charge in [0.05, 0.1) is 18.2 Å². The standard InChI is InChI=1S/C26H26F2N2O2/c1-17(20-7-6-18-4-2-3-5-21(18)14-20)29-25(31)16-30-12-10-19(11-13-30)26(32)23-15-22(27)8-9-24(23)28/h2-9,14-15,17,19H,10-13,16H2,1H3,(H,29,31). The summed E-state index contributed by atoms with van der Waals surface area (Å²) >= 11 is 0. The van der Waals surface area contributed by atoms with Gasteiger partial charge in [0.1, 0.15) is 11.6 Å². The normalized spacial score (nSPS) is 16.1. The third-order valence-electron chi connectivity index (χ3n) is 6.17. The molecule has 0 radical (unpaired) electrons. The van der Waals surface area contributed by atoms with Gasteiger partial charge < -0.3 is 5.32 Å². The van der Waals surface area contributed by atoms with Gasteiger partial charge in [-0.2, -0.15) is 0 Å². The Hall–Kier alpha value is -3.12. The number of carbonyl (C=O) groups is 2. The number of hydrogen-bond acceptors (Lipinski definition) is 3. The van der Waals surface area contributed by atoms with Gasteiger partial charge in [-0.1, -0.05) is 36.4 Å². The van der Waals surface area contributed by atoms with E-state index in [1.165, 1.54) is 0 Å². The van der Waals surface area contributed by atoms with E-state index in [9.17, 15) is 18.4 Å². The first kappa shape index (κ1) is 22.1. The lowest BCUT2D eigenvalue weighted by molar-refractivity contribution is -0.123. The van der Waals surface area contributed by atoms with Crippen molar-refractivity contribution in [1.29, 1.82) is 0 Å². The van der Waals surface area contributed by atoms with Gasteiger partial charge in [-0.05, 0) is 73.5 Å². The van der Waals surface area contributed by atoms with E-state index < -0.39 is 11.6 Å². The molecule has 1 fully saturated rings. The van der Waals surface area contributed by atoms with Gasteiger partial charge in [0.2, 0.25) is 5.91 Å². The molecular weight excluding hydrogens is 410 g/mol. The number of halogens is 2. The highest BCUT2D eigenvalue weighted by atomic mass is 19.1. The molecule has 1 atom stereocenters. The number of amides is 1. The maximum absolute atomic E-state index is 13.9. The van der Waals surface area contributed by atoms with Gasteiger partial charge in [0.25, 0.3) is 0 Å². The highest BCUT2D eigenvalue weighted by molar-refractivity contribution is 5.98. The number of ketones is 1. The van der Waals surface area contributed by atoms with E-state index in [1.807, 2.05) is 30.0 Å². The quantitative estimate of drug-likeness (QED) is 0.560. The van der Waals surface area contributed by atoms with Crippen LogP contribution in [-0.4, -0.2) is 36.2 Å². The highest BCUT2D eigenvalue weighted by Crippen LogP contribution is 2.24. The number of Topliss-reactive ketones (excluding diaryl/α,β-unsaturated/α-hetero) is 1. The van der Waals surface area contributed by atoms with Crippen molar-refractivity contribution < 1.29 is 18.4 Å². The van der Waals surface area contributed by atoms with Gasteiger partial charge in [0.15, 0.2) is 5.78 Å². The number of rotatable bonds is 6. The molecule has 0 saturated carbocycles. The summed E-state index contributed by atoms with van der Waals surface area (Å²) < 4.78 is 27.3. The molecule has 1 aliphatic rings. The molecule has 6 heteroatoms. The molecule has 3 aromatic carbocycles. The van der Waals surface area contributed by atoms with Gasteiger partial charge in [-0.15, -0.1) is 0 Å². The molecule has 0 spiro atoms. The van der Waals surface area contributed by atoms with Crippen LogP contribution in [0.1, 0.15) is 41.7 Å². The Morgan fingerprint density at radius 1 is 1.00 bits per heavy atom. The molecule has 3 aromatic rings. The topological polar surface area (TPSA) is 49.4 Å². The first-order valence-electron chi connectivity index (χ1n) is 10.9. The Balaban J connectivity index is 1.29. The second kappa shape index (κ2) is 9.57. The maximum Gasteiger partial charge on any atom is 0.234 e. The van der Waals surface area contributed by atoms with Gasteiger partial charge in [-0.25, -0.2) is 8.78 Å². The monoisotopic (exact) mass is 436 g/mol. The van der Waals surface area contributed by atoms with E-state index in [-0.39, 0.29) is 35.8 Å². The molecule has 1 N–H and O–H groups in total. The summed E-state index contributed by atoms with van der Waals surface area (Å²) in [7, 11) is 0. The number of likely N-dealkylation sites (tertiary alicyclic amines) is 1. The number of fused-ring (bicyclic) bond motifs is 1. The summed E-state index contributed by atoms with van der Waals surface area (Å²) in [6, 6.07) is 17.1. The van der Waals surface area contributed by atoms with Crippen molar-refractivity contribution in [2.45, 2.75) is 25.8 Å². The van der Waals surface area contributed by atoms with E-state index >= 15 is 0 Å². The van der Waals surface area contributed by atoms with Crippen LogP contribution in [0.25, 0.3) is 10.8 Å². The van der Waals surface area contributed by atoms with Gasteiger partial charge >= 0.3 is 0 Å². The highest BCUT2D eigenvalue weighted by Gasteiger charge is 2.28. The van der Waals surface area contributed by atoms with Crippen molar-refractivity contribution in [3.8, 4) is 0 Å². The van der Waals surface area contributed by atoms with E-state index in [1.54, 1.807) is 0 Å². The molecule has 1 amide bonds. The van der Waals surface area contributed by atoms with Crippen LogP contribution in [-0.2, 0) is 4.79 Å². The van der Waals surface area contributed by atoms with E-state index in [0.29, 0.717) is 25.9 Å². The summed E-state index contributed by atoms with van der Waals surface area (Å²) in [5.41, 5.74) is 0.851. The summed E-state index contributed by atoms with van der Waals surface area (Å²) in [5.74, 6) is -2.12. The van der Waals surface area contributed by atoms with Crippen LogP contribution in [0.15, 0.2) is 60.7 Å². The SMILES string of the molecule is CC(NC(=O)CN1CCC(C(=O)c2cc(F)ccc2F)CC1)c1ccc2ccccc2c1. The third kappa shape index (κ3) is 5.02. The van der Waals surface area contributed by atoms with Crippen molar-refractivity contribution in [3.63, 3.8) is 0 Å². The zero-order chi connectivity index (χ0) is 22.7. The minimum Gasteiger partial charge on any atom is -0.348 e. The van der Waals surface area contributed by atoms with Crippen molar-refractivity contribution in [2.24, 2.45) is 5.92 Å². The molecule has 0 bridgehead atoms. The summed E-state index contributed by atoms with van der Waals surface area (Å²) in [5, 5.41) is 5.33. The van der Waals surface area contributed by atoms with Crippen molar-refractivity contribution >= 4 is 22.5 Å². The molecule has 1 heterocycles. The third-order valence-corrected chi connectivity index (χ3v) is 6.17. The molecule has 1 aliphatic heterocycles.